The summed E-state index contributed by atoms with van der Waals surface area (Å²) in [5.41, 5.74) is 2.29. The molecule has 0 saturated heterocycles. The molecule has 0 aliphatic rings. The Hall–Kier alpha value is -2.90. The van der Waals surface area contributed by atoms with Gasteiger partial charge in [-0.1, -0.05) is 29.8 Å². The molecule has 6 nitrogen and oxygen atoms in total. The average molecular weight is 398 g/mol. The molecule has 3 aromatic rings. The minimum absolute atomic E-state index is 0.213. The van der Waals surface area contributed by atoms with Crippen LogP contribution in [0.3, 0.4) is 0 Å². The molecule has 28 heavy (non-hydrogen) atoms. The number of nitrogens with zero attached hydrogens (tertiary/aromatic N) is 1. The van der Waals surface area contributed by atoms with Crippen LogP contribution in [-0.4, -0.2) is 25.7 Å². The Morgan fingerprint density at radius 1 is 1.04 bits per heavy atom. The number of carbonyl (C=O) groups excluding carboxylic acids is 1. The first-order valence-electron chi connectivity index (χ1n) is 8.79. The van der Waals surface area contributed by atoms with Crippen LogP contribution in [0.1, 0.15) is 27.2 Å². The van der Waals surface area contributed by atoms with Gasteiger partial charge in [-0.05, 0) is 48.9 Å². The van der Waals surface area contributed by atoms with Gasteiger partial charge in [0.05, 0.1) is 17.7 Å². The molecule has 1 amide bonds. The van der Waals surface area contributed by atoms with E-state index in [2.05, 4.69) is 5.32 Å². The highest BCUT2D eigenvalue weighted by Crippen LogP contribution is 2.17. The third-order valence-corrected chi connectivity index (χ3v) is 6.17. The van der Waals surface area contributed by atoms with E-state index in [1.54, 1.807) is 74.0 Å². The van der Waals surface area contributed by atoms with E-state index < -0.39 is 10.0 Å². The molecule has 7 heteroatoms. The number of hydrogen-bond donors (Lipinski definition) is 1. The van der Waals surface area contributed by atoms with E-state index in [9.17, 15) is 13.2 Å². The van der Waals surface area contributed by atoms with E-state index >= 15 is 0 Å². The van der Waals surface area contributed by atoms with Gasteiger partial charge in [-0.3, -0.25) is 4.79 Å². The summed E-state index contributed by atoms with van der Waals surface area (Å²) in [5, 5.41) is 2.77. The number of rotatable bonds is 7. The molecule has 0 fully saturated rings. The fourth-order valence-corrected chi connectivity index (χ4v) is 3.84. The van der Waals surface area contributed by atoms with Crippen molar-refractivity contribution in [1.82, 2.24) is 9.62 Å². The van der Waals surface area contributed by atoms with E-state index in [1.165, 1.54) is 4.31 Å². The number of aryl methyl sites for hydroxylation is 1. The van der Waals surface area contributed by atoms with Crippen molar-refractivity contribution in [1.29, 1.82) is 0 Å². The molecule has 0 unspecified atom stereocenters. The Morgan fingerprint density at radius 3 is 2.32 bits per heavy atom. The number of furan rings is 1. The Kier molecular flexibility index (Phi) is 5.96. The first kappa shape index (κ1) is 19.9. The number of carbonyl (C=O) groups is 1. The highest BCUT2D eigenvalue weighted by atomic mass is 32.2. The second-order valence-electron chi connectivity index (χ2n) is 6.53. The maximum atomic E-state index is 12.7. The minimum Gasteiger partial charge on any atom is -0.467 e. The minimum atomic E-state index is -3.57. The normalized spacial score (nSPS) is 11.5. The van der Waals surface area contributed by atoms with Crippen molar-refractivity contribution in [2.24, 2.45) is 0 Å². The van der Waals surface area contributed by atoms with E-state index in [1.807, 2.05) is 6.92 Å². The number of sulfonamides is 1. The van der Waals surface area contributed by atoms with Gasteiger partial charge in [0.1, 0.15) is 5.76 Å². The fraction of sp³-hybridized carbons (Fsp3) is 0.190. The lowest BCUT2D eigenvalue weighted by Crippen LogP contribution is -2.26. The van der Waals surface area contributed by atoms with Crippen molar-refractivity contribution >= 4 is 15.9 Å². The van der Waals surface area contributed by atoms with Gasteiger partial charge in [-0.2, -0.15) is 4.31 Å². The van der Waals surface area contributed by atoms with E-state index in [0.717, 1.165) is 11.1 Å². The van der Waals surface area contributed by atoms with Crippen molar-refractivity contribution in [3.05, 3.63) is 89.4 Å². The Morgan fingerprint density at radius 2 is 1.71 bits per heavy atom. The van der Waals surface area contributed by atoms with Crippen LogP contribution in [0.2, 0.25) is 0 Å². The van der Waals surface area contributed by atoms with Crippen molar-refractivity contribution in [3.63, 3.8) is 0 Å². The molecule has 146 valence electrons. The van der Waals surface area contributed by atoms with Gasteiger partial charge < -0.3 is 9.73 Å². The lowest BCUT2D eigenvalue weighted by Gasteiger charge is -2.17. The van der Waals surface area contributed by atoms with Gasteiger partial charge in [-0.15, -0.1) is 0 Å². The van der Waals surface area contributed by atoms with E-state index in [4.69, 9.17) is 4.42 Å². The SMILES string of the molecule is Cc1ccc(S(=O)(=O)N(C)Cc2ccc(C(=O)NCc3ccco3)cc2)cc1. The van der Waals surface area contributed by atoms with Crippen LogP contribution < -0.4 is 5.32 Å². The maximum absolute atomic E-state index is 12.7. The van der Waals surface area contributed by atoms with Crippen LogP contribution in [0, 0.1) is 6.92 Å². The van der Waals surface area contributed by atoms with Crippen molar-refractivity contribution in [2.45, 2.75) is 24.9 Å². The molecule has 0 bridgehead atoms. The zero-order valence-corrected chi connectivity index (χ0v) is 16.6. The molecule has 0 aliphatic carbocycles. The molecular weight excluding hydrogens is 376 g/mol. The second kappa shape index (κ2) is 8.41. The monoisotopic (exact) mass is 398 g/mol. The molecule has 2 aromatic carbocycles. The quantitative estimate of drug-likeness (QED) is 0.662. The van der Waals surface area contributed by atoms with Crippen molar-refractivity contribution < 1.29 is 17.6 Å². The standard InChI is InChI=1S/C21H22N2O4S/c1-16-5-11-20(12-6-16)28(25,26)23(2)15-17-7-9-18(10-8-17)21(24)22-14-19-4-3-13-27-19/h3-13H,14-15H2,1-2H3,(H,22,24). The second-order valence-corrected chi connectivity index (χ2v) is 8.58. The third-order valence-electron chi connectivity index (χ3n) is 4.35. The summed E-state index contributed by atoms with van der Waals surface area (Å²) < 4.78 is 31.8. The molecule has 1 aromatic heterocycles. The molecule has 0 radical (unpaired) electrons. The number of benzene rings is 2. The van der Waals surface area contributed by atoms with E-state index in [-0.39, 0.29) is 17.3 Å². The Labute approximate surface area is 164 Å². The van der Waals surface area contributed by atoms with Crippen LogP contribution in [-0.2, 0) is 23.1 Å². The van der Waals surface area contributed by atoms with Gasteiger partial charge in [0, 0.05) is 19.2 Å². The predicted octanol–water partition coefficient (Wildman–Crippen LogP) is 3.34. The molecule has 0 atom stereocenters. The van der Waals surface area contributed by atoms with Crippen LogP contribution >= 0.6 is 0 Å². The maximum Gasteiger partial charge on any atom is 0.251 e. The summed E-state index contributed by atoms with van der Waals surface area (Å²) in [6.45, 7) is 2.43. The molecule has 0 spiro atoms. The van der Waals surface area contributed by atoms with Crippen LogP contribution in [0.15, 0.2) is 76.2 Å². The summed E-state index contributed by atoms with van der Waals surface area (Å²) in [6, 6.07) is 17.2. The third kappa shape index (κ3) is 4.68. The van der Waals surface area contributed by atoms with Gasteiger partial charge in [0.2, 0.25) is 10.0 Å². The van der Waals surface area contributed by atoms with Gasteiger partial charge in [0.25, 0.3) is 5.91 Å². The highest BCUT2D eigenvalue weighted by molar-refractivity contribution is 7.89. The lowest BCUT2D eigenvalue weighted by molar-refractivity contribution is 0.0948. The van der Waals surface area contributed by atoms with Gasteiger partial charge in [0.15, 0.2) is 0 Å². The molecule has 3 rings (SSSR count). The van der Waals surface area contributed by atoms with Crippen LogP contribution in [0.5, 0.6) is 0 Å². The van der Waals surface area contributed by atoms with E-state index in [0.29, 0.717) is 17.9 Å². The zero-order chi connectivity index (χ0) is 20.1. The Bertz CT molecular complexity index is 1030. The summed E-state index contributed by atoms with van der Waals surface area (Å²) in [7, 11) is -2.03. The number of nitrogens with one attached hydrogen (secondary N) is 1. The number of amides is 1. The summed E-state index contributed by atoms with van der Waals surface area (Å²) in [6.07, 6.45) is 1.55. The molecule has 1 heterocycles. The lowest BCUT2D eigenvalue weighted by atomic mass is 10.1. The zero-order valence-electron chi connectivity index (χ0n) is 15.8. The predicted molar refractivity (Wildman–Crippen MR) is 106 cm³/mol. The first-order chi connectivity index (χ1) is 13.4. The average Bonchev–Trinajstić information content (AvgIpc) is 3.20. The highest BCUT2D eigenvalue weighted by Gasteiger charge is 2.20. The fourth-order valence-electron chi connectivity index (χ4n) is 2.68. The van der Waals surface area contributed by atoms with Gasteiger partial charge >= 0.3 is 0 Å². The summed E-state index contributed by atoms with van der Waals surface area (Å²) >= 11 is 0. The first-order valence-corrected chi connectivity index (χ1v) is 10.2. The smallest absolute Gasteiger partial charge is 0.251 e. The molecule has 1 N–H and O–H groups in total. The number of hydrogen-bond acceptors (Lipinski definition) is 4. The van der Waals surface area contributed by atoms with Crippen molar-refractivity contribution in [2.75, 3.05) is 7.05 Å². The van der Waals surface area contributed by atoms with Gasteiger partial charge in [-0.25, -0.2) is 8.42 Å². The summed E-state index contributed by atoms with van der Waals surface area (Å²) in [4.78, 5) is 12.4. The van der Waals surface area contributed by atoms with Crippen molar-refractivity contribution in [3.8, 4) is 0 Å². The van der Waals surface area contributed by atoms with Crippen LogP contribution in [0.4, 0.5) is 0 Å². The molecule has 0 aliphatic heterocycles. The molecule has 0 saturated carbocycles. The molecular formula is C21H22N2O4S. The largest absolute Gasteiger partial charge is 0.467 e. The Balaban J connectivity index is 1.63. The summed E-state index contributed by atoms with van der Waals surface area (Å²) in [5.74, 6) is 0.455. The van der Waals surface area contributed by atoms with Crippen LogP contribution in [0.25, 0.3) is 0 Å². The topological polar surface area (TPSA) is 79.6 Å².